The second-order valence-electron chi connectivity index (χ2n) is 16.4. The van der Waals surface area contributed by atoms with Crippen LogP contribution in [0, 0.1) is 5.92 Å². The molecule has 2 atom stereocenters. The summed E-state index contributed by atoms with van der Waals surface area (Å²) in [6.45, 7) is 1.22. The number of methoxy groups -OCH3 is 3. The Morgan fingerprint density at radius 2 is 1.21 bits per heavy atom. The van der Waals surface area contributed by atoms with E-state index in [9.17, 15) is 19.2 Å². The van der Waals surface area contributed by atoms with Crippen LogP contribution in [0.5, 0.6) is 23.0 Å². The summed E-state index contributed by atoms with van der Waals surface area (Å²) in [5, 5.41) is 18.0. The summed E-state index contributed by atoms with van der Waals surface area (Å²) in [5.41, 5.74) is 5.67. The number of aromatic nitrogens is 1. The molecule has 0 spiro atoms. The van der Waals surface area contributed by atoms with E-state index >= 15 is 0 Å². The van der Waals surface area contributed by atoms with Gasteiger partial charge in [0.25, 0.3) is 17.7 Å². The van der Waals surface area contributed by atoms with Crippen molar-refractivity contribution in [2.45, 2.75) is 57.5 Å². The van der Waals surface area contributed by atoms with Gasteiger partial charge in [0.1, 0.15) is 0 Å². The van der Waals surface area contributed by atoms with Crippen molar-refractivity contribution < 1.29 is 42.9 Å². The smallest absolute Gasteiger partial charge is 0.411 e. The molecular formula is C51H53N7O9. The molecule has 2 unspecified atom stereocenters. The van der Waals surface area contributed by atoms with Crippen LogP contribution in [0.1, 0.15) is 93.6 Å². The molecule has 2 N–H and O–H groups in total. The lowest BCUT2D eigenvalue weighted by atomic mass is 10.0. The Morgan fingerprint density at radius 3 is 1.78 bits per heavy atom. The summed E-state index contributed by atoms with van der Waals surface area (Å²) in [5.74, 6) is 1.96. The molecule has 2 aliphatic heterocycles. The van der Waals surface area contributed by atoms with E-state index in [1.54, 1.807) is 88.2 Å². The maximum atomic E-state index is 13.5. The number of benzene rings is 4. The van der Waals surface area contributed by atoms with Crippen LogP contribution in [0.15, 0.2) is 120 Å². The molecule has 4 amide bonds. The van der Waals surface area contributed by atoms with E-state index in [1.807, 2.05) is 36.4 Å². The Morgan fingerprint density at radius 1 is 0.642 bits per heavy atom. The van der Waals surface area contributed by atoms with Crippen LogP contribution >= 0.6 is 0 Å². The Hall–Kier alpha value is -7.75. The molecule has 1 aliphatic carbocycles. The largest absolute Gasteiger partial charge is 0.493 e. The van der Waals surface area contributed by atoms with Gasteiger partial charge in [-0.15, -0.1) is 0 Å². The zero-order valence-corrected chi connectivity index (χ0v) is 37.7. The molecule has 0 radical (unpaired) electrons. The van der Waals surface area contributed by atoms with Crippen LogP contribution < -0.4 is 29.6 Å². The molecule has 67 heavy (non-hydrogen) atoms. The fourth-order valence-electron chi connectivity index (χ4n) is 8.39. The third-order valence-electron chi connectivity index (χ3n) is 12.0. The number of carbonyl (C=O) groups is 4. The van der Waals surface area contributed by atoms with Crippen LogP contribution in [0.25, 0.3) is 0 Å². The van der Waals surface area contributed by atoms with Crippen molar-refractivity contribution in [3.8, 4) is 23.0 Å². The highest BCUT2D eigenvalue weighted by Gasteiger charge is 2.28. The number of pyridine rings is 1. The lowest BCUT2D eigenvalue weighted by molar-refractivity contribution is 0.0744. The van der Waals surface area contributed by atoms with E-state index in [-0.39, 0.29) is 30.4 Å². The van der Waals surface area contributed by atoms with Gasteiger partial charge in [0.15, 0.2) is 23.0 Å². The normalized spacial score (nSPS) is 16.8. The first-order valence-electron chi connectivity index (χ1n) is 22.4. The molecule has 4 aromatic carbocycles. The summed E-state index contributed by atoms with van der Waals surface area (Å²) in [4.78, 5) is 56.2. The van der Waals surface area contributed by atoms with Crippen LogP contribution in [0.2, 0.25) is 0 Å². The first-order chi connectivity index (χ1) is 32.7. The monoisotopic (exact) mass is 907 g/mol. The standard InChI is InChI=1S/C51H53N7O9/c1-63-44-22-15-36(30-46(44)65-3)42-8-5-26-57(55-42)50(61)35-13-19-40(20-14-35)54-51(62)66-28-24-33-10-21-41(29-33)67-47-31-37(16-23-45(47)64-2)43-9-6-27-58(56-43)49(60)34-11-17-39(18-12-34)53-48(59)38-7-4-25-52-32-38/h4,7,11-20,22-23,25,30-33,41H,5-6,8-10,21,24,26-29H2,1-3H3,(H,53,59)(H,54,62). The van der Waals surface area contributed by atoms with Crippen LogP contribution in [-0.4, -0.2) is 97.4 Å². The van der Waals surface area contributed by atoms with Gasteiger partial charge in [0, 0.05) is 59.1 Å². The number of ether oxygens (including phenoxy) is 5. The fourth-order valence-corrected chi connectivity index (χ4v) is 8.39. The number of nitrogens with zero attached hydrogens (tertiary/aromatic N) is 5. The van der Waals surface area contributed by atoms with Gasteiger partial charge in [-0.3, -0.25) is 24.7 Å². The highest BCUT2D eigenvalue weighted by Crippen LogP contribution is 2.36. The number of rotatable bonds is 15. The first-order valence-corrected chi connectivity index (χ1v) is 22.4. The van der Waals surface area contributed by atoms with Gasteiger partial charge in [0.05, 0.1) is 51.0 Å². The van der Waals surface area contributed by atoms with Gasteiger partial charge in [0.2, 0.25) is 0 Å². The molecule has 16 nitrogen and oxygen atoms in total. The van der Waals surface area contributed by atoms with E-state index in [0.29, 0.717) is 82.9 Å². The Labute approximate surface area is 388 Å². The quantitative estimate of drug-likeness (QED) is 0.103. The van der Waals surface area contributed by atoms with Gasteiger partial charge in [-0.1, -0.05) is 0 Å². The van der Waals surface area contributed by atoms with E-state index in [4.69, 9.17) is 28.8 Å². The lowest BCUT2D eigenvalue weighted by Gasteiger charge is -2.24. The minimum atomic E-state index is -0.571. The minimum absolute atomic E-state index is 0.0548. The number of hydrogen-bond donors (Lipinski definition) is 2. The highest BCUT2D eigenvalue weighted by atomic mass is 16.5. The van der Waals surface area contributed by atoms with Gasteiger partial charge >= 0.3 is 6.09 Å². The topological polar surface area (TPSA) is 183 Å². The van der Waals surface area contributed by atoms with Crippen molar-refractivity contribution in [1.29, 1.82) is 0 Å². The second kappa shape index (κ2) is 21.5. The molecule has 3 aliphatic rings. The number of amides is 4. The van der Waals surface area contributed by atoms with Crippen molar-refractivity contribution in [2.24, 2.45) is 16.1 Å². The van der Waals surface area contributed by atoms with Gasteiger partial charge < -0.3 is 29.0 Å². The van der Waals surface area contributed by atoms with Crippen LogP contribution in [-0.2, 0) is 4.74 Å². The number of nitrogens with one attached hydrogen (secondary N) is 2. The summed E-state index contributed by atoms with van der Waals surface area (Å²) < 4.78 is 28.5. The van der Waals surface area contributed by atoms with Crippen LogP contribution in [0.4, 0.5) is 16.2 Å². The van der Waals surface area contributed by atoms with E-state index in [0.717, 1.165) is 61.1 Å². The van der Waals surface area contributed by atoms with Crippen molar-refractivity contribution in [2.75, 3.05) is 51.7 Å². The Bertz CT molecular complexity index is 2640. The minimum Gasteiger partial charge on any atom is -0.493 e. The molecule has 0 bridgehead atoms. The Kier molecular flexibility index (Phi) is 14.7. The molecular weight excluding hydrogens is 855 g/mol. The number of hydrazone groups is 2. The molecule has 1 fully saturated rings. The molecule has 1 aromatic heterocycles. The zero-order valence-electron chi connectivity index (χ0n) is 37.7. The predicted molar refractivity (Wildman–Crippen MR) is 253 cm³/mol. The fraction of sp³-hybridized carbons (Fsp3) is 0.314. The molecule has 346 valence electrons. The second-order valence-corrected chi connectivity index (χ2v) is 16.4. The third-order valence-corrected chi connectivity index (χ3v) is 12.0. The van der Waals surface area contributed by atoms with Gasteiger partial charge in [-0.05, 0) is 154 Å². The maximum absolute atomic E-state index is 13.5. The van der Waals surface area contributed by atoms with E-state index in [2.05, 4.69) is 20.7 Å². The van der Waals surface area contributed by atoms with Crippen molar-refractivity contribution in [1.82, 2.24) is 15.0 Å². The molecule has 16 heteroatoms. The summed E-state index contributed by atoms with van der Waals surface area (Å²) in [6, 6.07) is 28.1. The number of carbonyl (C=O) groups excluding carboxylic acids is 4. The molecule has 3 heterocycles. The average Bonchev–Trinajstić information content (AvgIpc) is 3.83. The molecule has 5 aromatic rings. The third kappa shape index (κ3) is 11.4. The summed E-state index contributed by atoms with van der Waals surface area (Å²) in [7, 11) is 4.77. The van der Waals surface area contributed by atoms with E-state index < -0.39 is 6.09 Å². The SMILES string of the molecule is COc1ccc(C2=NN(C(=O)c3ccc(NC(=O)OCCC4CCC(Oc5cc(C6=NN(C(=O)c7ccc(NC(=O)c8cccnc8)cc7)CCC6)ccc5OC)C4)cc3)CCC2)cc1OC. The summed E-state index contributed by atoms with van der Waals surface area (Å²) >= 11 is 0. The van der Waals surface area contributed by atoms with Crippen molar-refractivity contribution in [3.05, 3.63) is 137 Å². The van der Waals surface area contributed by atoms with Crippen molar-refractivity contribution in [3.63, 3.8) is 0 Å². The zero-order chi connectivity index (χ0) is 46.7. The summed E-state index contributed by atoms with van der Waals surface area (Å²) in [6.07, 6.45) is 8.63. The first kappa shape index (κ1) is 45.8. The highest BCUT2D eigenvalue weighted by molar-refractivity contribution is 6.06. The number of hydrogen-bond acceptors (Lipinski definition) is 12. The van der Waals surface area contributed by atoms with Gasteiger partial charge in [-0.25, -0.2) is 14.8 Å². The van der Waals surface area contributed by atoms with Crippen molar-refractivity contribution >= 4 is 46.6 Å². The maximum Gasteiger partial charge on any atom is 0.411 e. The molecule has 1 saturated carbocycles. The van der Waals surface area contributed by atoms with Crippen LogP contribution in [0.3, 0.4) is 0 Å². The lowest BCUT2D eigenvalue weighted by Crippen LogP contribution is -2.32. The number of anilines is 2. The average molecular weight is 908 g/mol. The molecule has 0 saturated heterocycles. The van der Waals surface area contributed by atoms with E-state index in [1.165, 1.54) is 16.2 Å². The molecule has 8 rings (SSSR count). The predicted octanol–water partition coefficient (Wildman–Crippen LogP) is 8.83. The Balaban J connectivity index is 0.793. The van der Waals surface area contributed by atoms with Gasteiger partial charge in [-0.2, -0.15) is 10.2 Å².